The number of rotatable bonds is 7. The topological polar surface area (TPSA) is 29.0 Å². The minimum absolute atomic E-state index is 0.930. The van der Waals surface area contributed by atoms with Crippen LogP contribution in [-0.4, -0.2) is 9.97 Å². The van der Waals surface area contributed by atoms with Crippen LogP contribution in [0.5, 0.6) is 0 Å². The standard InChI is InChI=1S/C56H37N3/c1-4-15-38(16-5-1)39-27-29-41(30-28-39)50-37-54(57-52-26-13-12-25-48(50)52)42-32-34-53-51(36-42)55-47-24-11-10-17-40(47)31-33-49(55)56(58-53)43-18-14-23-46(35-43)59(44-19-6-2-7-20-44)45-21-8-3-9-22-45/h1-37H. The minimum Gasteiger partial charge on any atom is -0.310 e. The summed E-state index contributed by atoms with van der Waals surface area (Å²) in [5.74, 6) is 0. The number of aromatic nitrogens is 2. The molecule has 0 radical (unpaired) electrons. The maximum Gasteiger partial charge on any atom is 0.0789 e. The number of hydrogen-bond donors (Lipinski definition) is 0. The predicted molar refractivity (Wildman–Crippen MR) is 248 cm³/mol. The van der Waals surface area contributed by atoms with Crippen LogP contribution in [0.3, 0.4) is 0 Å². The molecule has 11 aromatic rings. The molecule has 3 heteroatoms. The Morgan fingerprint density at radius 3 is 1.64 bits per heavy atom. The first-order valence-corrected chi connectivity index (χ1v) is 20.1. The number of para-hydroxylation sites is 3. The van der Waals surface area contributed by atoms with E-state index in [0.717, 1.165) is 77.9 Å². The molecule has 0 atom stereocenters. The van der Waals surface area contributed by atoms with E-state index in [-0.39, 0.29) is 0 Å². The number of benzene rings is 9. The molecule has 9 aromatic carbocycles. The van der Waals surface area contributed by atoms with Crippen molar-refractivity contribution in [3.05, 3.63) is 224 Å². The lowest BCUT2D eigenvalue weighted by molar-refractivity contribution is 1.28. The summed E-state index contributed by atoms with van der Waals surface area (Å²) in [5, 5.41) is 6.94. The zero-order valence-electron chi connectivity index (χ0n) is 32.2. The lowest BCUT2D eigenvalue weighted by Crippen LogP contribution is -2.09. The van der Waals surface area contributed by atoms with Crippen LogP contribution in [0.2, 0.25) is 0 Å². The van der Waals surface area contributed by atoms with Crippen LogP contribution in [0.25, 0.3) is 88.1 Å². The highest BCUT2D eigenvalue weighted by molar-refractivity contribution is 6.23. The van der Waals surface area contributed by atoms with Gasteiger partial charge in [-0.2, -0.15) is 0 Å². The Balaban J connectivity index is 1.08. The third-order valence-corrected chi connectivity index (χ3v) is 11.4. The third kappa shape index (κ3) is 6.26. The smallest absolute Gasteiger partial charge is 0.0789 e. The van der Waals surface area contributed by atoms with Crippen molar-refractivity contribution in [2.45, 2.75) is 0 Å². The Morgan fingerprint density at radius 2 is 0.881 bits per heavy atom. The van der Waals surface area contributed by atoms with E-state index in [2.05, 4.69) is 229 Å². The summed E-state index contributed by atoms with van der Waals surface area (Å²) in [5.41, 5.74) is 13.9. The zero-order chi connectivity index (χ0) is 39.1. The van der Waals surface area contributed by atoms with Gasteiger partial charge in [0.1, 0.15) is 0 Å². The number of nitrogens with zero attached hydrogens (tertiary/aromatic N) is 3. The number of pyridine rings is 2. The van der Waals surface area contributed by atoms with Crippen molar-refractivity contribution in [2.75, 3.05) is 4.90 Å². The summed E-state index contributed by atoms with van der Waals surface area (Å²) in [6.45, 7) is 0. The van der Waals surface area contributed by atoms with E-state index in [4.69, 9.17) is 9.97 Å². The molecular formula is C56H37N3. The Morgan fingerprint density at radius 1 is 0.305 bits per heavy atom. The van der Waals surface area contributed by atoms with Crippen LogP contribution in [0.1, 0.15) is 0 Å². The van der Waals surface area contributed by atoms with Gasteiger partial charge in [-0.05, 0) is 93.7 Å². The number of anilines is 3. The van der Waals surface area contributed by atoms with Crippen LogP contribution < -0.4 is 4.90 Å². The normalized spacial score (nSPS) is 11.4. The fourth-order valence-corrected chi connectivity index (χ4v) is 8.58. The molecule has 11 rings (SSSR count). The van der Waals surface area contributed by atoms with Gasteiger partial charge < -0.3 is 4.90 Å². The molecule has 0 N–H and O–H groups in total. The second-order valence-electron chi connectivity index (χ2n) is 15.0. The lowest BCUT2D eigenvalue weighted by atomic mass is 9.93. The van der Waals surface area contributed by atoms with Gasteiger partial charge in [0.15, 0.2) is 0 Å². The average Bonchev–Trinajstić information content (AvgIpc) is 3.32. The molecule has 0 unspecified atom stereocenters. The average molecular weight is 752 g/mol. The summed E-state index contributed by atoms with van der Waals surface area (Å²) in [6.07, 6.45) is 0. The largest absolute Gasteiger partial charge is 0.310 e. The first kappa shape index (κ1) is 34.4. The maximum atomic E-state index is 5.47. The Bertz CT molecular complexity index is 3270. The summed E-state index contributed by atoms with van der Waals surface area (Å²) in [7, 11) is 0. The van der Waals surface area contributed by atoms with Crippen LogP contribution in [-0.2, 0) is 0 Å². The van der Waals surface area contributed by atoms with Gasteiger partial charge in [-0.3, -0.25) is 0 Å². The number of hydrogen-bond acceptors (Lipinski definition) is 3. The second-order valence-corrected chi connectivity index (χ2v) is 15.0. The van der Waals surface area contributed by atoms with Gasteiger partial charge in [-0.25, -0.2) is 9.97 Å². The summed E-state index contributed by atoms with van der Waals surface area (Å²) < 4.78 is 0. The monoisotopic (exact) mass is 751 g/mol. The molecule has 3 nitrogen and oxygen atoms in total. The van der Waals surface area contributed by atoms with Crippen LogP contribution in [0, 0.1) is 0 Å². The van der Waals surface area contributed by atoms with E-state index in [9.17, 15) is 0 Å². The molecule has 0 saturated heterocycles. The summed E-state index contributed by atoms with van der Waals surface area (Å²) >= 11 is 0. The fraction of sp³-hybridized carbons (Fsp3) is 0. The van der Waals surface area contributed by atoms with Crippen LogP contribution in [0.15, 0.2) is 224 Å². The molecule has 0 bridgehead atoms. The van der Waals surface area contributed by atoms with Crippen molar-refractivity contribution in [1.82, 2.24) is 9.97 Å². The van der Waals surface area contributed by atoms with Gasteiger partial charge in [0, 0.05) is 49.7 Å². The molecule has 2 aromatic heterocycles. The number of fused-ring (bicyclic) bond motifs is 6. The predicted octanol–water partition coefficient (Wildman–Crippen LogP) is 15.2. The van der Waals surface area contributed by atoms with E-state index < -0.39 is 0 Å². The van der Waals surface area contributed by atoms with Gasteiger partial charge >= 0.3 is 0 Å². The van der Waals surface area contributed by atoms with E-state index in [0.29, 0.717) is 0 Å². The molecule has 0 aliphatic rings. The molecule has 0 amide bonds. The lowest BCUT2D eigenvalue weighted by Gasteiger charge is -2.26. The van der Waals surface area contributed by atoms with Crippen molar-refractivity contribution in [2.24, 2.45) is 0 Å². The highest BCUT2D eigenvalue weighted by atomic mass is 15.1. The first-order valence-electron chi connectivity index (χ1n) is 20.1. The van der Waals surface area contributed by atoms with E-state index in [1.165, 1.54) is 27.3 Å². The van der Waals surface area contributed by atoms with Crippen molar-refractivity contribution >= 4 is 60.4 Å². The van der Waals surface area contributed by atoms with Gasteiger partial charge in [0.25, 0.3) is 0 Å². The molecule has 0 aliphatic heterocycles. The van der Waals surface area contributed by atoms with Crippen molar-refractivity contribution in [3.8, 4) is 44.8 Å². The van der Waals surface area contributed by atoms with Crippen molar-refractivity contribution < 1.29 is 0 Å². The highest BCUT2D eigenvalue weighted by Gasteiger charge is 2.18. The summed E-state index contributed by atoms with van der Waals surface area (Å²) in [6, 6.07) is 79.8. The van der Waals surface area contributed by atoms with Gasteiger partial charge in [0.05, 0.1) is 22.4 Å². The van der Waals surface area contributed by atoms with E-state index >= 15 is 0 Å². The van der Waals surface area contributed by atoms with Gasteiger partial charge in [0.2, 0.25) is 0 Å². The van der Waals surface area contributed by atoms with Crippen LogP contribution in [0.4, 0.5) is 17.1 Å². The molecule has 0 spiro atoms. The van der Waals surface area contributed by atoms with Gasteiger partial charge in [-0.15, -0.1) is 0 Å². The van der Waals surface area contributed by atoms with Crippen molar-refractivity contribution in [3.63, 3.8) is 0 Å². The van der Waals surface area contributed by atoms with Crippen LogP contribution >= 0.6 is 0 Å². The van der Waals surface area contributed by atoms with E-state index in [1.807, 2.05) is 0 Å². The SMILES string of the molecule is c1ccc(-c2ccc(-c3cc(-c4ccc5nc(-c6cccc(N(c7ccccc7)c7ccccc7)c6)c6ccc7ccccc7c6c5c4)nc4ccccc34)cc2)cc1. The minimum atomic E-state index is 0.930. The molecule has 2 heterocycles. The molecule has 59 heavy (non-hydrogen) atoms. The summed E-state index contributed by atoms with van der Waals surface area (Å²) in [4.78, 5) is 13.0. The first-order chi connectivity index (χ1) is 29.2. The maximum absolute atomic E-state index is 5.47. The van der Waals surface area contributed by atoms with Crippen molar-refractivity contribution in [1.29, 1.82) is 0 Å². The molecule has 276 valence electrons. The zero-order valence-corrected chi connectivity index (χ0v) is 32.2. The fourth-order valence-electron chi connectivity index (χ4n) is 8.58. The molecule has 0 fully saturated rings. The quantitative estimate of drug-likeness (QED) is 0.152. The van der Waals surface area contributed by atoms with Gasteiger partial charge in [-0.1, -0.05) is 164 Å². The molecular weight excluding hydrogens is 715 g/mol. The Hall–Kier alpha value is -7.88. The third-order valence-electron chi connectivity index (χ3n) is 11.4. The second kappa shape index (κ2) is 14.6. The Labute approximate surface area is 343 Å². The molecule has 0 aliphatic carbocycles. The highest BCUT2D eigenvalue weighted by Crippen LogP contribution is 2.42. The molecule has 0 saturated carbocycles. The van der Waals surface area contributed by atoms with E-state index in [1.54, 1.807) is 0 Å². The Kier molecular flexibility index (Phi) is 8.49.